The number of hydrogen-bond acceptors (Lipinski definition) is 4. The van der Waals surface area contributed by atoms with Crippen molar-refractivity contribution in [1.82, 2.24) is 0 Å². The minimum absolute atomic E-state index is 0.0375. The van der Waals surface area contributed by atoms with Crippen molar-refractivity contribution in [3.63, 3.8) is 0 Å². The topological polar surface area (TPSA) is 81.5 Å². The van der Waals surface area contributed by atoms with Crippen LogP contribution in [0, 0.1) is 10.1 Å². The van der Waals surface area contributed by atoms with Gasteiger partial charge >= 0.3 is 11.9 Å². The molecule has 0 spiro atoms. The highest BCUT2D eigenvalue weighted by atomic mass is 79.9. The number of nitro benzene ring substituents is 1. The molecule has 6 nitrogen and oxygen atoms in total. The van der Waals surface area contributed by atoms with Gasteiger partial charge in [-0.1, -0.05) is 15.9 Å². The first-order valence-corrected chi connectivity index (χ1v) is 7.43. The molecule has 0 aromatic heterocycles. The SMILES string of the molecule is COc1ccc(C(=O)Nc2ccc(Br)c(C(F)(F)F)c2)cc1[N+](=O)[O-]. The number of nitrogens with one attached hydrogen (secondary N) is 1. The molecule has 1 amide bonds. The zero-order valence-electron chi connectivity index (χ0n) is 12.6. The smallest absolute Gasteiger partial charge is 0.417 e. The van der Waals surface area contributed by atoms with Crippen molar-refractivity contribution in [3.8, 4) is 5.75 Å². The first-order chi connectivity index (χ1) is 11.6. The maximum Gasteiger partial charge on any atom is 0.417 e. The van der Waals surface area contributed by atoms with Crippen molar-refractivity contribution in [3.05, 3.63) is 62.1 Å². The van der Waals surface area contributed by atoms with E-state index in [1.165, 1.54) is 25.3 Å². The average Bonchev–Trinajstić information content (AvgIpc) is 2.54. The second-order valence-corrected chi connectivity index (χ2v) is 5.64. The van der Waals surface area contributed by atoms with E-state index in [1.54, 1.807) is 0 Å². The molecule has 1 N–H and O–H groups in total. The van der Waals surface area contributed by atoms with E-state index < -0.39 is 28.3 Å². The lowest BCUT2D eigenvalue weighted by atomic mass is 10.1. The van der Waals surface area contributed by atoms with Crippen LogP contribution in [0.15, 0.2) is 40.9 Å². The normalized spacial score (nSPS) is 11.1. The molecular formula is C15H10BrF3N2O4. The molecule has 0 unspecified atom stereocenters. The first-order valence-electron chi connectivity index (χ1n) is 6.64. The van der Waals surface area contributed by atoms with Gasteiger partial charge in [0.25, 0.3) is 5.91 Å². The highest BCUT2D eigenvalue weighted by molar-refractivity contribution is 9.10. The van der Waals surface area contributed by atoms with Gasteiger partial charge in [0.1, 0.15) is 0 Å². The Morgan fingerprint density at radius 1 is 1.24 bits per heavy atom. The molecule has 10 heteroatoms. The molecule has 0 aliphatic rings. The fraction of sp³-hybridized carbons (Fsp3) is 0.133. The predicted octanol–water partition coefficient (Wildman–Crippen LogP) is 4.64. The first kappa shape index (κ1) is 18.7. The van der Waals surface area contributed by atoms with Crippen LogP contribution < -0.4 is 10.1 Å². The lowest BCUT2D eigenvalue weighted by Crippen LogP contribution is -2.14. The van der Waals surface area contributed by atoms with Crippen molar-refractivity contribution < 1.29 is 27.6 Å². The number of hydrogen-bond donors (Lipinski definition) is 1. The molecule has 0 bridgehead atoms. The van der Waals surface area contributed by atoms with Crippen molar-refractivity contribution in [2.24, 2.45) is 0 Å². The van der Waals surface area contributed by atoms with Crippen LogP contribution in [0.1, 0.15) is 15.9 Å². The second-order valence-electron chi connectivity index (χ2n) is 4.79. The monoisotopic (exact) mass is 418 g/mol. The number of carbonyl (C=O) groups excluding carboxylic acids is 1. The zero-order chi connectivity index (χ0) is 18.8. The van der Waals surface area contributed by atoms with Crippen molar-refractivity contribution in [2.75, 3.05) is 12.4 Å². The van der Waals surface area contributed by atoms with E-state index in [1.807, 2.05) is 0 Å². The van der Waals surface area contributed by atoms with Gasteiger partial charge in [-0.25, -0.2) is 0 Å². The molecule has 2 aromatic carbocycles. The van der Waals surface area contributed by atoms with Gasteiger partial charge in [0, 0.05) is 21.8 Å². The third-order valence-electron chi connectivity index (χ3n) is 3.17. The number of carbonyl (C=O) groups is 1. The number of methoxy groups -OCH3 is 1. The van der Waals surface area contributed by atoms with E-state index in [2.05, 4.69) is 21.2 Å². The number of nitro groups is 1. The standard InChI is InChI=1S/C15H10BrF3N2O4/c1-25-13-5-2-8(6-12(13)21(23)24)14(22)20-9-3-4-11(16)10(7-9)15(17,18)19/h2-7H,1H3,(H,20,22). The summed E-state index contributed by atoms with van der Waals surface area (Å²) in [7, 11) is 1.24. The summed E-state index contributed by atoms with van der Waals surface area (Å²) in [4.78, 5) is 22.4. The predicted molar refractivity (Wildman–Crippen MR) is 86.7 cm³/mol. The van der Waals surface area contributed by atoms with E-state index in [0.29, 0.717) is 0 Å². The van der Waals surface area contributed by atoms with Gasteiger partial charge in [-0.15, -0.1) is 0 Å². The van der Waals surface area contributed by atoms with Crippen LogP contribution in [-0.2, 0) is 6.18 Å². The lowest BCUT2D eigenvalue weighted by molar-refractivity contribution is -0.385. The Bertz CT molecular complexity index is 840. The van der Waals surface area contributed by atoms with Gasteiger partial charge < -0.3 is 10.1 Å². The number of ether oxygens (including phenoxy) is 1. The molecule has 132 valence electrons. The maximum atomic E-state index is 12.9. The summed E-state index contributed by atoms with van der Waals surface area (Å²) in [5, 5.41) is 13.2. The Balaban J connectivity index is 2.32. The van der Waals surface area contributed by atoms with E-state index in [9.17, 15) is 28.1 Å². The summed E-state index contributed by atoms with van der Waals surface area (Å²) >= 11 is 2.80. The summed E-state index contributed by atoms with van der Waals surface area (Å²) in [6.45, 7) is 0. The Kier molecular flexibility index (Phi) is 5.31. The summed E-state index contributed by atoms with van der Waals surface area (Å²) < 4.78 is 43.3. The minimum atomic E-state index is -4.60. The number of amides is 1. The summed E-state index contributed by atoms with van der Waals surface area (Å²) in [5.74, 6) is -0.828. The molecule has 0 saturated carbocycles. The molecule has 0 radical (unpaired) electrons. The number of anilines is 1. The number of alkyl halides is 3. The second kappa shape index (κ2) is 7.09. The van der Waals surface area contributed by atoms with Crippen LogP contribution >= 0.6 is 15.9 Å². The third-order valence-corrected chi connectivity index (χ3v) is 3.86. The highest BCUT2D eigenvalue weighted by Gasteiger charge is 2.33. The quantitative estimate of drug-likeness (QED) is 0.579. The molecule has 0 aliphatic heterocycles. The van der Waals surface area contributed by atoms with Gasteiger partial charge in [-0.05, 0) is 30.3 Å². The number of halogens is 4. The van der Waals surface area contributed by atoms with Gasteiger partial charge in [-0.2, -0.15) is 13.2 Å². The molecule has 0 aliphatic carbocycles. The molecule has 0 atom stereocenters. The highest BCUT2D eigenvalue weighted by Crippen LogP contribution is 2.36. The van der Waals surface area contributed by atoms with Gasteiger partial charge in [0.2, 0.25) is 0 Å². The maximum absolute atomic E-state index is 12.9. The molecule has 2 aromatic rings. The van der Waals surface area contributed by atoms with Crippen LogP contribution in [0.4, 0.5) is 24.5 Å². The van der Waals surface area contributed by atoms with Crippen LogP contribution in [0.3, 0.4) is 0 Å². The number of nitrogens with zero attached hydrogens (tertiary/aromatic N) is 1. The molecule has 25 heavy (non-hydrogen) atoms. The van der Waals surface area contributed by atoms with E-state index >= 15 is 0 Å². The average molecular weight is 419 g/mol. The van der Waals surface area contributed by atoms with E-state index in [-0.39, 0.29) is 21.5 Å². The molecule has 2 rings (SSSR count). The lowest BCUT2D eigenvalue weighted by Gasteiger charge is -2.12. The van der Waals surface area contributed by atoms with Gasteiger partial charge in [0.05, 0.1) is 17.6 Å². The number of benzene rings is 2. The number of rotatable bonds is 4. The fourth-order valence-corrected chi connectivity index (χ4v) is 2.47. The largest absolute Gasteiger partial charge is 0.490 e. The van der Waals surface area contributed by atoms with Gasteiger partial charge in [0.15, 0.2) is 5.75 Å². The van der Waals surface area contributed by atoms with Crippen LogP contribution in [0.2, 0.25) is 0 Å². The Morgan fingerprint density at radius 2 is 1.92 bits per heavy atom. The summed E-state index contributed by atoms with van der Waals surface area (Å²) in [5.41, 5.74) is -1.57. The molecule has 0 fully saturated rings. The minimum Gasteiger partial charge on any atom is -0.490 e. The molecular weight excluding hydrogens is 409 g/mol. The summed E-state index contributed by atoms with van der Waals surface area (Å²) in [6, 6.07) is 6.67. The van der Waals surface area contributed by atoms with E-state index in [4.69, 9.17) is 4.74 Å². The Morgan fingerprint density at radius 3 is 2.48 bits per heavy atom. The Hall–Kier alpha value is -2.62. The van der Waals surface area contributed by atoms with Crippen LogP contribution in [0.25, 0.3) is 0 Å². The zero-order valence-corrected chi connectivity index (χ0v) is 14.1. The van der Waals surface area contributed by atoms with Crippen LogP contribution in [0.5, 0.6) is 5.75 Å². The van der Waals surface area contributed by atoms with Crippen LogP contribution in [-0.4, -0.2) is 17.9 Å². The van der Waals surface area contributed by atoms with Crippen molar-refractivity contribution >= 4 is 33.2 Å². The third kappa shape index (κ3) is 4.27. The fourth-order valence-electron chi connectivity index (χ4n) is 2.00. The molecule has 0 saturated heterocycles. The van der Waals surface area contributed by atoms with Crippen molar-refractivity contribution in [1.29, 1.82) is 0 Å². The van der Waals surface area contributed by atoms with Gasteiger partial charge in [-0.3, -0.25) is 14.9 Å². The van der Waals surface area contributed by atoms with Crippen molar-refractivity contribution in [2.45, 2.75) is 6.18 Å². The van der Waals surface area contributed by atoms with E-state index in [0.717, 1.165) is 18.2 Å². The summed E-state index contributed by atoms with van der Waals surface area (Å²) in [6.07, 6.45) is -4.60. The molecule has 0 heterocycles. The Labute approximate surface area is 147 Å².